The number of rotatable bonds is 3. The maximum absolute atomic E-state index is 13.0. The van der Waals surface area contributed by atoms with Gasteiger partial charge in [-0.1, -0.05) is 6.07 Å². The van der Waals surface area contributed by atoms with E-state index in [1.165, 1.54) is 22.9 Å². The van der Waals surface area contributed by atoms with Crippen LogP contribution in [0.4, 0.5) is 4.39 Å². The Hall–Kier alpha value is -2.70. The number of aromatic nitrogens is 2. The van der Waals surface area contributed by atoms with Crippen molar-refractivity contribution < 1.29 is 14.0 Å². The molecule has 0 aliphatic heterocycles. The number of aryl methyl sites for hydroxylation is 2. The Morgan fingerprint density at radius 3 is 2.62 bits per heavy atom. The number of hydrogen-bond donors (Lipinski definition) is 2. The summed E-state index contributed by atoms with van der Waals surface area (Å²) in [5, 5.41) is 4.14. The third kappa shape index (κ3) is 3.88. The Kier molecular flexibility index (Phi) is 4.32. The van der Waals surface area contributed by atoms with E-state index in [1.54, 1.807) is 0 Å². The van der Waals surface area contributed by atoms with Crippen molar-refractivity contribution in [2.24, 2.45) is 0 Å². The van der Waals surface area contributed by atoms with Gasteiger partial charge in [0.15, 0.2) is 0 Å². The van der Waals surface area contributed by atoms with Crippen LogP contribution in [0.1, 0.15) is 21.7 Å². The lowest BCUT2D eigenvalue weighted by Crippen LogP contribution is -2.43. The first-order chi connectivity index (χ1) is 9.95. The second kappa shape index (κ2) is 6.17. The molecule has 0 bridgehead atoms. The van der Waals surface area contributed by atoms with Gasteiger partial charge in [0, 0.05) is 11.3 Å². The van der Waals surface area contributed by atoms with E-state index < -0.39 is 17.6 Å². The third-order valence-electron chi connectivity index (χ3n) is 2.80. The summed E-state index contributed by atoms with van der Waals surface area (Å²) < 4.78 is 14.5. The van der Waals surface area contributed by atoms with Crippen LogP contribution in [0.15, 0.2) is 30.3 Å². The van der Waals surface area contributed by atoms with Crippen LogP contribution in [-0.4, -0.2) is 21.6 Å². The Morgan fingerprint density at radius 1 is 1.24 bits per heavy atom. The SMILES string of the molecule is Cc1cc(C)n(CC(=O)NNC(=O)c2cccc(F)c2)n1. The molecule has 0 atom stereocenters. The zero-order valence-electron chi connectivity index (χ0n) is 11.7. The van der Waals surface area contributed by atoms with Crippen molar-refractivity contribution in [2.75, 3.05) is 0 Å². The molecule has 0 saturated carbocycles. The summed E-state index contributed by atoms with van der Waals surface area (Å²) in [5.41, 5.74) is 6.27. The number of hydrogen-bond acceptors (Lipinski definition) is 3. The first-order valence-electron chi connectivity index (χ1n) is 6.31. The second-order valence-electron chi connectivity index (χ2n) is 4.60. The third-order valence-corrected chi connectivity index (χ3v) is 2.80. The summed E-state index contributed by atoms with van der Waals surface area (Å²) in [5.74, 6) is -1.53. The summed E-state index contributed by atoms with van der Waals surface area (Å²) in [6.07, 6.45) is 0. The van der Waals surface area contributed by atoms with Crippen molar-refractivity contribution in [3.05, 3.63) is 53.1 Å². The maximum atomic E-state index is 13.0. The Labute approximate surface area is 120 Å². The minimum atomic E-state index is -0.587. The Bertz CT molecular complexity index is 681. The molecule has 0 unspecified atom stereocenters. The van der Waals surface area contributed by atoms with Crippen molar-refractivity contribution in [1.29, 1.82) is 0 Å². The van der Waals surface area contributed by atoms with Crippen molar-refractivity contribution in [1.82, 2.24) is 20.6 Å². The van der Waals surface area contributed by atoms with Crippen molar-refractivity contribution in [2.45, 2.75) is 20.4 Å². The van der Waals surface area contributed by atoms with E-state index in [-0.39, 0.29) is 12.1 Å². The fourth-order valence-electron chi connectivity index (χ4n) is 1.84. The molecule has 0 aliphatic rings. The number of nitrogens with one attached hydrogen (secondary N) is 2. The summed E-state index contributed by atoms with van der Waals surface area (Å²) in [6.45, 7) is 3.65. The minimum Gasteiger partial charge on any atom is -0.271 e. The molecule has 7 heteroatoms. The number of hydrazine groups is 1. The number of carbonyl (C=O) groups is 2. The van der Waals surface area contributed by atoms with Crippen LogP contribution in [0, 0.1) is 19.7 Å². The van der Waals surface area contributed by atoms with Crippen molar-refractivity contribution in [3.63, 3.8) is 0 Å². The molecule has 0 saturated heterocycles. The standard InChI is InChI=1S/C14H15FN4O2/c1-9-6-10(2)19(18-9)8-13(20)16-17-14(21)11-4-3-5-12(15)7-11/h3-7H,8H2,1-2H3,(H,16,20)(H,17,21). The van der Waals surface area contributed by atoms with Gasteiger partial charge < -0.3 is 0 Å². The average Bonchev–Trinajstić information content (AvgIpc) is 2.74. The number of carbonyl (C=O) groups excluding carboxylic acids is 2. The highest BCUT2D eigenvalue weighted by molar-refractivity contribution is 5.95. The van der Waals surface area contributed by atoms with Gasteiger partial charge in [-0.3, -0.25) is 25.1 Å². The lowest BCUT2D eigenvalue weighted by molar-refractivity contribution is -0.122. The number of amides is 2. The fourth-order valence-corrected chi connectivity index (χ4v) is 1.84. The number of nitrogens with zero attached hydrogens (tertiary/aromatic N) is 2. The Balaban J connectivity index is 1.89. The highest BCUT2D eigenvalue weighted by Crippen LogP contribution is 2.03. The van der Waals surface area contributed by atoms with E-state index in [1.807, 2.05) is 19.9 Å². The molecule has 110 valence electrons. The van der Waals surface area contributed by atoms with Gasteiger partial charge in [-0.05, 0) is 38.1 Å². The Morgan fingerprint density at radius 2 is 2.00 bits per heavy atom. The molecule has 0 aliphatic carbocycles. The lowest BCUT2D eigenvalue weighted by atomic mass is 10.2. The van der Waals surface area contributed by atoms with Gasteiger partial charge in [0.2, 0.25) is 0 Å². The molecule has 1 heterocycles. The average molecular weight is 290 g/mol. The summed E-state index contributed by atoms with van der Waals surface area (Å²) in [7, 11) is 0. The van der Waals surface area contributed by atoms with Gasteiger partial charge in [0.25, 0.3) is 11.8 Å². The molecule has 1 aromatic heterocycles. The highest BCUT2D eigenvalue weighted by Gasteiger charge is 2.10. The van der Waals surface area contributed by atoms with Gasteiger partial charge in [0.1, 0.15) is 12.4 Å². The molecular formula is C14H15FN4O2. The molecule has 0 spiro atoms. The molecule has 1 aromatic carbocycles. The van der Waals surface area contributed by atoms with Gasteiger partial charge in [-0.2, -0.15) is 5.10 Å². The van der Waals surface area contributed by atoms with Crippen LogP contribution in [0.25, 0.3) is 0 Å². The summed E-state index contributed by atoms with van der Waals surface area (Å²) >= 11 is 0. The van der Waals surface area contributed by atoms with Gasteiger partial charge in [0.05, 0.1) is 5.69 Å². The number of halogens is 1. The molecule has 21 heavy (non-hydrogen) atoms. The fraction of sp³-hybridized carbons (Fsp3) is 0.214. The zero-order valence-corrected chi connectivity index (χ0v) is 11.7. The predicted molar refractivity (Wildman–Crippen MR) is 73.7 cm³/mol. The maximum Gasteiger partial charge on any atom is 0.269 e. The smallest absolute Gasteiger partial charge is 0.269 e. The van der Waals surface area contributed by atoms with Crippen LogP contribution in [-0.2, 0) is 11.3 Å². The molecule has 0 radical (unpaired) electrons. The minimum absolute atomic E-state index is 0.0108. The van der Waals surface area contributed by atoms with Crippen LogP contribution in [0.2, 0.25) is 0 Å². The van der Waals surface area contributed by atoms with Crippen molar-refractivity contribution >= 4 is 11.8 Å². The van der Waals surface area contributed by atoms with E-state index >= 15 is 0 Å². The number of benzene rings is 1. The lowest BCUT2D eigenvalue weighted by Gasteiger charge is -2.08. The van der Waals surface area contributed by atoms with E-state index in [9.17, 15) is 14.0 Å². The summed E-state index contributed by atoms with van der Waals surface area (Å²) in [4.78, 5) is 23.4. The quantitative estimate of drug-likeness (QED) is 0.831. The highest BCUT2D eigenvalue weighted by atomic mass is 19.1. The van der Waals surface area contributed by atoms with Crippen molar-refractivity contribution in [3.8, 4) is 0 Å². The first-order valence-corrected chi connectivity index (χ1v) is 6.31. The van der Waals surface area contributed by atoms with Gasteiger partial charge >= 0.3 is 0 Å². The van der Waals surface area contributed by atoms with Crippen LogP contribution < -0.4 is 10.9 Å². The molecule has 2 rings (SSSR count). The monoisotopic (exact) mass is 290 g/mol. The van der Waals surface area contributed by atoms with Crippen LogP contribution in [0.5, 0.6) is 0 Å². The normalized spacial score (nSPS) is 10.2. The molecule has 2 N–H and O–H groups in total. The largest absolute Gasteiger partial charge is 0.271 e. The zero-order chi connectivity index (χ0) is 15.4. The molecular weight excluding hydrogens is 275 g/mol. The summed E-state index contributed by atoms with van der Waals surface area (Å²) in [6, 6.07) is 7.03. The van der Waals surface area contributed by atoms with Gasteiger partial charge in [-0.15, -0.1) is 0 Å². The predicted octanol–water partition coefficient (Wildman–Crippen LogP) is 1.10. The van der Waals surface area contributed by atoms with Gasteiger partial charge in [-0.25, -0.2) is 4.39 Å². The van der Waals surface area contributed by atoms with E-state index in [2.05, 4.69) is 16.0 Å². The van der Waals surface area contributed by atoms with Crippen LogP contribution >= 0.6 is 0 Å². The second-order valence-corrected chi connectivity index (χ2v) is 4.60. The van der Waals surface area contributed by atoms with Crippen LogP contribution in [0.3, 0.4) is 0 Å². The topological polar surface area (TPSA) is 76.0 Å². The van der Waals surface area contributed by atoms with E-state index in [0.717, 1.165) is 17.5 Å². The first kappa shape index (κ1) is 14.7. The molecule has 2 amide bonds. The molecule has 0 fully saturated rings. The van der Waals surface area contributed by atoms with E-state index in [4.69, 9.17) is 0 Å². The molecule has 6 nitrogen and oxygen atoms in total. The molecule has 2 aromatic rings. The van der Waals surface area contributed by atoms with E-state index in [0.29, 0.717) is 0 Å².